The average molecular weight is 332 g/mol. The lowest BCUT2D eigenvalue weighted by Gasteiger charge is -2.07. The third-order valence-electron chi connectivity index (χ3n) is 3.40. The van der Waals surface area contributed by atoms with Crippen molar-refractivity contribution in [1.82, 2.24) is 9.71 Å². The van der Waals surface area contributed by atoms with Crippen molar-refractivity contribution in [3.63, 3.8) is 0 Å². The zero-order valence-corrected chi connectivity index (χ0v) is 13.2. The number of carbonyl (C=O) groups is 2. The smallest absolute Gasteiger partial charge is 0.355 e. The first-order valence-corrected chi connectivity index (χ1v) is 8.24. The summed E-state index contributed by atoms with van der Waals surface area (Å²) in [6, 6.07) is 0. The third-order valence-corrected chi connectivity index (χ3v) is 5.02. The molecular weight excluding hydrogens is 315 g/mol. The summed E-state index contributed by atoms with van der Waals surface area (Å²) in [5, 5.41) is 0. The number of esters is 1. The van der Waals surface area contributed by atoms with Crippen molar-refractivity contribution in [1.29, 1.82) is 0 Å². The zero-order valence-electron chi connectivity index (χ0n) is 12.4. The van der Waals surface area contributed by atoms with Gasteiger partial charge in [0.2, 0.25) is 5.91 Å². The van der Waals surface area contributed by atoms with Crippen LogP contribution in [0, 0.1) is 19.8 Å². The molecule has 7 nitrogen and oxygen atoms in total. The van der Waals surface area contributed by atoms with E-state index in [0.29, 0.717) is 0 Å². The number of halogens is 1. The van der Waals surface area contributed by atoms with Crippen LogP contribution >= 0.6 is 0 Å². The standard InChI is InChI=1S/C13H17FN2O5S/c1-4-21-13(18)10-6(2)11(7(3)15-10)22(19,20)16-12(17)8-5-9(8)14/h8-9,15H,4-5H2,1-3H3,(H,16,17)/t8-,9+/m1/s1. The van der Waals surface area contributed by atoms with Crippen LogP contribution in [0.3, 0.4) is 0 Å². The molecule has 0 spiro atoms. The lowest BCUT2D eigenvalue weighted by Crippen LogP contribution is -2.33. The summed E-state index contributed by atoms with van der Waals surface area (Å²) in [5.74, 6) is -2.47. The van der Waals surface area contributed by atoms with E-state index < -0.39 is 34.0 Å². The first-order chi connectivity index (χ1) is 10.2. The fraction of sp³-hybridized carbons (Fsp3) is 0.538. The van der Waals surface area contributed by atoms with Crippen molar-refractivity contribution in [2.24, 2.45) is 5.92 Å². The molecule has 1 aliphatic rings. The van der Waals surface area contributed by atoms with E-state index in [4.69, 9.17) is 4.74 Å². The highest BCUT2D eigenvalue weighted by Gasteiger charge is 2.45. The van der Waals surface area contributed by atoms with Crippen LogP contribution in [0.1, 0.15) is 35.1 Å². The largest absolute Gasteiger partial charge is 0.461 e. The van der Waals surface area contributed by atoms with Crippen LogP contribution < -0.4 is 4.72 Å². The number of alkyl halides is 1. The van der Waals surface area contributed by atoms with Crippen molar-refractivity contribution in [3.8, 4) is 0 Å². The minimum Gasteiger partial charge on any atom is -0.461 e. The molecule has 0 aromatic carbocycles. The Hall–Kier alpha value is -1.90. The number of aromatic nitrogens is 1. The van der Waals surface area contributed by atoms with Gasteiger partial charge in [0, 0.05) is 11.3 Å². The van der Waals surface area contributed by atoms with Crippen molar-refractivity contribution in [2.75, 3.05) is 6.61 Å². The summed E-state index contributed by atoms with van der Waals surface area (Å²) in [5.41, 5.74) is 0.374. The number of aromatic amines is 1. The summed E-state index contributed by atoms with van der Waals surface area (Å²) in [6.07, 6.45) is -1.26. The van der Waals surface area contributed by atoms with E-state index in [-0.39, 0.29) is 34.9 Å². The number of rotatable bonds is 5. The molecule has 0 aliphatic heterocycles. The topological polar surface area (TPSA) is 105 Å². The molecule has 1 saturated carbocycles. The molecule has 0 bridgehead atoms. The van der Waals surface area contributed by atoms with E-state index >= 15 is 0 Å². The number of amides is 1. The summed E-state index contributed by atoms with van der Waals surface area (Å²) >= 11 is 0. The average Bonchev–Trinajstić information content (AvgIpc) is 3.04. The summed E-state index contributed by atoms with van der Waals surface area (Å²) in [6.45, 7) is 4.67. The van der Waals surface area contributed by atoms with Crippen molar-refractivity contribution in [2.45, 2.75) is 38.3 Å². The van der Waals surface area contributed by atoms with Gasteiger partial charge >= 0.3 is 5.97 Å². The predicted molar refractivity (Wildman–Crippen MR) is 74.6 cm³/mol. The van der Waals surface area contributed by atoms with Gasteiger partial charge in [-0.05, 0) is 27.2 Å². The number of nitrogens with one attached hydrogen (secondary N) is 2. The van der Waals surface area contributed by atoms with Gasteiger partial charge in [-0.2, -0.15) is 0 Å². The Kier molecular flexibility index (Phi) is 4.28. The Bertz CT molecular complexity index is 725. The lowest BCUT2D eigenvalue weighted by molar-refractivity contribution is -0.120. The Balaban J connectivity index is 2.31. The molecule has 1 aliphatic carbocycles. The first-order valence-electron chi connectivity index (χ1n) is 6.76. The molecule has 1 amide bonds. The second-order valence-electron chi connectivity index (χ2n) is 5.13. The SMILES string of the molecule is CCOC(=O)c1[nH]c(C)c(S(=O)(=O)NC(=O)[C@@H]2C[C@@H]2F)c1C. The van der Waals surface area contributed by atoms with Crippen LogP contribution in [0.2, 0.25) is 0 Å². The molecule has 0 unspecified atom stereocenters. The second kappa shape index (κ2) is 5.71. The molecular formula is C13H17FN2O5S. The highest BCUT2D eigenvalue weighted by atomic mass is 32.2. The summed E-state index contributed by atoms with van der Waals surface area (Å²) in [7, 11) is -4.18. The van der Waals surface area contributed by atoms with Crippen LogP contribution in [-0.2, 0) is 19.6 Å². The molecule has 22 heavy (non-hydrogen) atoms. The Morgan fingerprint density at radius 2 is 2.00 bits per heavy atom. The van der Waals surface area contributed by atoms with Gasteiger partial charge < -0.3 is 9.72 Å². The minimum atomic E-state index is -4.18. The predicted octanol–water partition coefficient (Wildman–Crippen LogP) is 0.971. The first kappa shape index (κ1) is 16.5. The van der Waals surface area contributed by atoms with Crippen molar-refractivity contribution >= 4 is 21.9 Å². The van der Waals surface area contributed by atoms with Gasteiger partial charge in [0.25, 0.3) is 10.0 Å². The highest BCUT2D eigenvalue weighted by Crippen LogP contribution is 2.34. The molecule has 0 saturated heterocycles. The van der Waals surface area contributed by atoms with Crippen LogP contribution in [0.25, 0.3) is 0 Å². The fourth-order valence-electron chi connectivity index (χ4n) is 2.24. The van der Waals surface area contributed by atoms with E-state index in [1.165, 1.54) is 13.8 Å². The number of H-pyrrole nitrogens is 1. The molecule has 2 N–H and O–H groups in total. The van der Waals surface area contributed by atoms with Gasteiger partial charge in [-0.15, -0.1) is 0 Å². The lowest BCUT2D eigenvalue weighted by atomic mass is 10.2. The maximum absolute atomic E-state index is 12.8. The van der Waals surface area contributed by atoms with Gasteiger partial charge in [-0.1, -0.05) is 0 Å². The fourth-order valence-corrected chi connectivity index (χ4v) is 3.72. The molecule has 1 fully saturated rings. The molecule has 0 radical (unpaired) electrons. The molecule has 2 atom stereocenters. The minimum absolute atomic E-state index is 0.0157. The quantitative estimate of drug-likeness (QED) is 0.782. The number of carbonyl (C=O) groups excluding carboxylic acids is 2. The Morgan fingerprint density at radius 3 is 2.50 bits per heavy atom. The van der Waals surface area contributed by atoms with E-state index in [1.807, 2.05) is 4.72 Å². The number of sulfonamides is 1. The van der Waals surface area contributed by atoms with Gasteiger partial charge in [0.05, 0.1) is 12.5 Å². The molecule has 122 valence electrons. The van der Waals surface area contributed by atoms with E-state index in [2.05, 4.69) is 4.98 Å². The second-order valence-corrected chi connectivity index (χ2v) is 6.75. The Labute approximate surface area is 127 Å². The molecule has 9 heteroatoms. The highest BCUT2D eigenvalue weighted by molar-refractivity contribution is 7.90. The van der Waals surface area contributed by atoms with Gasteiger partial charge in [-0.25, -0.2) is 22.3 Å². The van der Waals surface area contributed by atoms with Gasteiger partial charge in [-0.3, -0.25) is 4.79 Å². The van der Waals surface area contributed by atoms with Crippen molar-refractivity contribution < 1.29 is 27.1 Å². The van der Waals surface area contributed by atoms with E-state index in [0.717, 1.165) is 0 Å². The van der Waals surface area contributed by atoms with E-state index in [1.54, 1.807) is 6.92 Å². The van der Waals surface area contributed by atoms with E-state index in [9.17, 15) is 22.4 Å². The van der Waals surface area contributed by atoms with Crippen LogP contribution in [-0.4, -0.2) is 38.1 Å². The zero-order chi connectivity index (χ0) is 16.7. The molecule has 1 aromatic rings. The summed E-state index contributed by atoms with van der Waals surface area (Å²) < 4.78 is 44.1. The van der Waals surface area contributed by atoms with Crippen LogP contribution in [0.5, 0.6) is 0 Å². The summed E-state index contributed by atoms with van der Waals surface area (Å²) in [4.78, 5) is 25.9. The van der Waals surface area contributed by atoms with Crippen LogP contribution in [0.4, 0.5) is 4.39 Å². The normalized spacial score (nSPS) is 20.5. The maximum Gasteiger partial charge on any atom is 0.355 e. The molecule has 1 heterocycles. The van der Waals surface area contributed by atoms with Crippen molar-refractivity contribution in [3.05, 3.63) is 17.0 Å². The van der Waals surface area contributed by atoms with Crippen LogP contribution in [0.15, 0.2) is 4.90 Å². The number of hydrogen-bond donors (Lipinski definition) is 2. The number of hydrogen-bond acceptors (Lipinski definition) is 5. The molecule has 2 rings (SSSR count). The Morgan fingerprint density at radius 1 is 1.41 bits per heavy atom. The number of aryl methyl sites for hydroxylation is 1. The maximum atomic E-state index is 12.8. The molecule has 1 aromatic heterocycles. The van der Waals surface area contributed by atoms with Gasteiger partial charge in [0.1, 0.15) is 16.8 Å². The number of ether oxygens (including phenoxy) is 1. The monoisotopic (exact) mass is 332 g/mol. The van der Waals surface area contributed by atoms with Gasteiger partial charge in [0.15, 0.2) is 0 Å². The third kappa shape index (κ3) is 2.99.